The number of aliphatic imine (C=N–C) groups is 1. The lowest BCUT2D eigenvalue weighted by molar-refractivity contribution is -0.120. The zero-order valence-corrected chi connectivity index (χ0v) is 14.0. The highest BCUT2D eigenvalue weighted by Gasteiger charge is 2.24. The van der Waals surface area contributed by atoms with Crippen molar-refractivity contribution in [2.24, 2.45) is 10.7 Å². The Hall–Kier alpha value is -3.06. The first-order valence-corrected chi connectivity index (χ1v) is 8.28. The smallest absolute Gasteiger partial charge is 0.264 e. The second-order valence-corrected chi connectivity index (χ2v) is 6.14. The standard InChI is InChI=1S/C18H15N3O3S/c19-16(22)11-24-14-9-5-4-6-12(14)10-15-17(23)21-18(25-15)20-13-7-2-1-3-8-13/h1-10H,11H2,(H2,19,22)(H,20,21,23)/b15-10-. The first kappa shape index (κ1) is 16.8. The van der Waals surface area contributed by atoms with Crippen LogP contribution < -0.4 is 15.8 Å². The summed E-state index contributed by atoms with van der Waals surface area (Å²) in [4.78, 5) is 27.9. The molecule has 0 bridgehead atoms. The van der Waals surface area contributed by atoms with Crippen molar-refractivity contribution >= 4 is 40.5 Å². The molecule has 0 atom stereocenters. The van der Waals surface area contributed by atoms with Crippen LogP contribution >= 0.6 is 11.8 Å². The zero-order valence-electron chi connectivity index (χ0n) is 13.1. The normalized spacial score (nSPS) is 16.9. The number of carbonyl (C=O) groups is 2. The molecule has 0 aliphatic carbocycles. The van der Waals surface area contributed by atoms with E-state index in [0.29, 0.717) is 21.4 Å². The van der Waals surface area contributed by atoms with E-state index in [1.165, 1.54) is 11.8 Å². The molecular formula is C18H15N3O3S. The molecule has 1 aliphatic heterocycles. The van der Waals surface area contributed by atoms with Gasteiger partial charge in [-0.1, -0.05) is 36.4 Å². The van der Waals surface area contributed by atoms with E-state index in [1.807, 2.05) is 36.4 Å². The van der Waals surface area contributed by atoms with Crippen molar-refractivity contribution < 1.29 is 14.3 Å². The number of hydrogen-bond acceptors (Lipinski definition) is 5. The van der Waals surface area contributed by atoms with Crippen LogP contribution in [0.1, 0.15) is 5.56 Å². The van der Waals surface area contributed by atoms with Crippen molar-refractivity contribution in [2.45, 2.75) is 0 Å². The quantitative estimate of drug-likeness (QED) is 0.807. The van der Waals surface area contributed by atoms with Crippen molar-refractivity contribution in [3.8, 4) is 5.75 Å². The monoisotopic (exact) mass is 353 g/mol. The van der Waals surface area contributed by atoms with Gasteiger partial charge in [0.15, 0.2) is 11.8 Å². The average Bonchev–Trinajstić information content (AvgIpc) is 2.94. The lowest BCUT2D eigenvalue weighted by Crippen LogP contribution is -2.20. The molecule has 1 aliphatic rings. The molecule has 2 amide bonds. The van der Waals surface area contributed by atoms with Crippen LogP contribution in [-0.4, -0.2) is 23.6 Å². The van der Waals surface area contributed by atoms with Gasteiger partial charge in [0, 0.05) is 5.56 Å². The molecule has 0 unspecified atom stereocenters. The Bertz CT molecular complexity index is 863. The van der Waals surface area contributed by atoms with Gasteiger partial charge in [0.2, 0.25) is 0 Å². The molecule has 7 heteroatoms. The van der Waals surface area contributed by atoms with Crippen LogP contribution in [0.25, 0.3) is 6.08 Å². The molecule has 1 saturated heterocycles. The van der Waals surface area contributed by atoms with Gasteiger partial charge in [-0.15, -0.1) is 0 Å². The number of primary amides is 1. The number of nitrogens with two attached hydrogens (primary N) is 1. The summed E-state index contributed by atoms with van der Waals surface area (Å²) in [6.07, 6.45) is 1.70. The van der Waals surface area contributed by atoms with Crippen LogP contribution in [0.15, 0.2) is 64.5 Å². The molecule has 0 radical (unpaired) electrons. The van der Waals surface area contributed by atoms with Crippen molar-refractivity contribution in [1.82, 2.24) is 5.32 Å². The second kappa shape index (κ2) is 7.67. The average molecular weight is 353 g/mol. The Labute approximate surface area is 148 Å². The maximum Gasteiger partial charge on any atom is 0.264 e. The maximum absolute atomic E-state index is 12.2. The number of ether oxygens (including phenoxy) is 1. The molecule has 1 fully saturated rings. The molecule has 25 heavy (non-hydrogen) atoms. The fourth-order valence-corrected chi connectivity index (χ4v) is 2.95. The predicted octanol–water partition coefficient (Wildman–Crippen LogP) is 2.44. The van der Waals surface area contributed by atoms with Crippen LogP contribution in [0, 0.1) is 0 Å². The first-order valence-electron chi connectivity index (χ1n) is 7.46. The molecule has 0 aromatic heterocycles. The number of amides is 2. The molecular weight excluding hydrogens is 338 g/mol. The van der Waals surface area contributed by atoms with Gasteiger partial charge < -0.3 is 15.8 Å². The van der Waals surface area contributed by atoms with E-state index in [9.17, 15) is 9.59 Å². The van der Waals surface area contributed by atoms with Gasteiger partial charge in [-0.05, 0) is 36.0 Å². The summed E-state index contributed by atoms with van der Waals surface area (Å²) in [5.41, 5.74) is 6.55. The van der Waals surface area contributed by atoms with Crippen LogP contribution in [-0.2, 0) is 9.59 Å². The third-order valence-corrected chi connectivity index (χ3v) is 4.12. The molecule has 1 heterocycles. The molecule has 2 aromatic rings. The lowest BCUT2D eigenvalue weighted by atomic mass is 10.2. The summed E-state index contributed by atoms with van der Waals surface area (Å²) >= 11 is 1.24. The number of benzene rings is 2. The number of thioether (sulfide) groups is 1. The van der Waals surface area contributed by atoms with E-state index in [1.54, 1.807) is 24.3 Å². The van der Waals surface area contributed by atoms with Gasteiger partial charge in [0.1, 0.15) is 5.75 Å². The number of amidine groups is 1. The highest BCUT2D eigenvalue weighted by molar-refractivity contribution is 8.18. The molecule has 126 valence electrons. The largest absolute Gasteiger partial charge is 0.483 e. The number of rotatable bonds is 5. The van der Waals surface area contributed by atoms with Crippen LogP contribution in [0.2, 0.25) is 0 Å². The minimum Gasteiger partial charge on any atom is -0.483 e. The van der Waals surface area contributed by atoms with Gasteiger partial charge in [0.25, 0.3) is 11.8 Å². The van der Waals surface area contributed by atoms with Gasteiger partial charge in [-0.3, -0.25) is 9.59 Å². The van der Waals surface area contributed by atoms with Crippen molar-refractivity contribution in [1.29, 1.82) is 0 Å². The predicted molar refractivity (Wildman–Crippen MR) is 98.4 cm³/mol. The Balaban J connectivity index is 1.81. The third kappa shape index (κ3) is 4.48. The Morgan fingerprint density at radius 3 is 2.64 bits per heavy atom. The van der Waals surface area contributed by atoms with E-state index < -0.39 is 5.91 Å². The fourth-order valence-electron chi connectivity index (χ4n) is 2.12. The van der Waals surface area contributed by atoms with Crippen molar-refractivity contribution in [2.75, 3.05) is 6.61 Å². The third-order valence-electron chi connectivity index (χ3n) is 3.21. The van der Waals surface area contributed by atoms with Gasteiger partial charge >= 0.3 is 0 Å². The number of carbonyl (C=O) groups excluding carboxylic acids is 2. The highest BCUT2D eigenvalue weighted by Crippen LogP contribution is 2.30. The second-order valence-electron chi connectivity index (χ2n) is 5.11. The Morgan fingerprint density at radius 2 is 1.88 bits per heavy atom. The lowest BCUT2D eigenvalue weighted by Gasteiger charge is -2.07. The Kier molecular flexibility index (Phi) is 5.15. The summed E-state index contributed by atoms with van der Waals surface area (Å²) in [5.74, 6) is -0.312. The molecule has 6 nitrogen and oxygen atoms in total. The maximum atomic E-state index is 12.2. The number of nitrogens with one attached hydrogen (secondary N) is 1. The summed E-state index contributed by atoms with van der Waals surface area (Å²) in [6.45, 7) is -0.222. The molecule has 0 spiro atoms. The van der Waals surface area contributed by atoms with E-state index in [-0.39, 0.29) is 12.5 Å². The van der Waals surface area contributed by atoms with Crippen molar-refractivity contribution in [3.05, 3.63) is 65.1 Å². The van der Waals surface area contributed by atoms with Crippen LogP contribution in [0.4, 0.5) is 5.69 Å². The zero-order chi connectivity index (χ0) is 17.6. The van der Waals surface area contributed by atoms with E-state index >= 15 is 0 Å². The molecule has 3 N–H and O–H groups in total. The highest BCUT2D eigenvalue weighted by atomic mass is 32.2. The van der Waals surface area contributed by atoms with Crippen LogP contribution in [0.3, 0.4) is 0 Å². The summed E-state index contributed by atoms with van der Waals surface area (Å²) in [6, 6.07) is 16.5. The Morgan fingerprint density at radius 1 is 1.16 bits per heavy atom. The fraction of sp³-hybridized carbons (Fsp3) is 0.0556. The topological polar surface area (TPSA) is 93.8 Å². The van der Waals surface area contributed by atoms with Crippen molar-refractivity contribution in [3.63, 3.8) is 0 Å². The number of nitrogens with zero attached hydrogens (tertiary/aromatic N) is 1. The minimum absolute atomic E-state index is 0.222. The summed E-state index contributed by atoms with van der Waals surface area (Å²) in [7, 11) is 0. The van der Waals surface area contributed by atoms with Gasteiger partial charge in [-0.25, -0.2) is 4.99 Å². The molecule has 0 saturated carbocycles. The van der Waals surface area contributed by atoms with Gasteiger partial charge in [-0.2, -0.15) is 0 Å². The van der Waals surface area contributed by atoms with E-state index in [4.69, 9.17) is 10.5 Å². The number of para-hydroxylation sites is 2. The van der Waals surface area contributed by atoms with E-state index in [0.717, 1.165) is 5.69 Å². The summed E-state index contributed by atoms with van der Waals surface area (Å²) < 4.78 is 5.38. The minimum atomic E-state index is -0.562. The molecule has 3 rings (SSSR count). The first-order chi connectivity index (χ1) is 12.1. The van der Waals surface area contributed by atoms with Gasteiger partial charge in [0.05, 0.1) is 10.6 Å². The van der Waals surface area contributed by atoms with Crippen LogP contribution in [0.5, 0.6) is 5.75 Å². The molecule has 2 aromatic carbocycles. The summed E-state index contributed by atoms with van der Waals surface area (Å²) in [5, 5.41) is 3.25. The number of hydrogen-bond donors (Lipinski definition) is 2. The SMILES string of the molecule is NC(=O)COc1ccccc1/C=C1\SC(=Nc2ccccc2)NC1=O. The van der Waals surface area contributed by atoms with E-state index in [2.05, 4.69) is 10.3 Å².